The summed E-state index contributed by atoms with van der Waals surface area (Å²) in [5.74, 6) is 0.702. The van der Waals surface area contributed by atoms with Crippen molar-refractivity contribution in [2.75, 3.05) is 13.2 Å². The van der Waals surface area contributed by atoms with Crippen LogP contribution in [-0.2, 0) is 11.3 Å². The largest absolute Gasteiger partial charge is 0.381 e. The summed E-state index contributed by atoms with van der Waals surface area (Å²) in [4.78, 5) is 0. The molecule has 100 valence electrons. The zero-order valence-electron chi connectivity index (χ0n) is 10.6. The van der Waals surface area contributed by atoms with Crippen LogP contribution >= 0.6 is 23.2 Å². The van der Waals surface area contributed by atoms with Crippen molar-refractivity contribution in [3.63, 3.8) is 0 Å². The molecule has 0 bridgehead atoms. The van der Waals surface area contributed by atoms with E-state index in [0.29, 0.717) is 22.0 Å². The van der Waals surface area contributed by atoms with Crippen LogP contribution < -0.4 is 5.32 Å². The molecule has 1 atom stereocenters. The second-order valence-electron chi connectivity index (χ2n) is 4.90. The number of benzene rings is 1. The van der Waals surface area contributed by atoms with Crippen molar-refractivity contribution in [2.45, 2.75) is 32.4 Å². The first kappa shape index (κ1) is 14.1. The van der Waals surface area contributed by atoms with Crippen LogP contribution in [0.4, 0.5) is 0 Å². The molecule has 0 aromatic heterocycles. The minimum absolute atomic E-state index is 0.492. The minimum atomic E-state index is 0.492. The van der Waals surface area contributed by atoms with E-state index >= 15 is 0 Å². The van der Waals surface area contributed by atoms with Crippen LogP contribution in [0.2, 0.25) is 10.0 Å². The van der Waals surface area contributed by atoms with Crippen molar-refractivity contribution < 1.29 is 4.74 Å². The fourth-order valence-corrected chi connectivity index (χ4v) is 2.95. The first-order chi connectivity index (χ1) is 8.65. The highest BCUT2D eigenvalue weighted by atomic mass is 35.5. The average Bonchev–Trinajstić information content (AvgIpc) is 2.36. The lowest BCUT2D eigenvalue weighted by Crippen LogP contribution is -2.36. The number of halogens is 2. The Bertz CT molecular complexity index is 371. The van der Waals surface area contributed by atoms with Gasteiger partial charge in [-0.15, -0.1) is 0 Å². The van der Waals surface area contributed by atoms with E-state index in [9.17, 15) is 0 Å². The first-order valence-corrected chi connectivity index (χ1v) is 7.17. The van der Waals surface area contributed by atoms with E-state index in [4.69, 9.17) is 27.9 Å². The predicted molar refractivity (Wildman–Crippen MR) is 76.3 cm³/mol. The van der Waals surface area contributed by atoms with Gasteiger partial charge in [-0.3, -0.25) is 0 Å². The Hall–Kier alpha value is -0.280. The Morgan fingerprint density at radius 1 is 1.22 bits per heavy atom. The molecule has 18 heavy (non-hydrogen) atoms. The van der Waals surface area contributed by atoms with Crippen LogP contribution in [0.3, 0.4) is 0 Å². The van der Waals surface area contributed by atoms with Crippen LogP contribution in [-0.4, -0.2) is 19.3 Å². The second-order valence-corrected chi connectivity index (χ2v) is 5.77. The molecule has 1 aromatic rings. The van der Waals surface area contributed by atoms with Crippen LogP contribution in [0.1, 0.15) is 25.3 Å². The molecule has 2 rings (SSSR count). The molecule has 1 N–H and O–H groups in total. The van der Waals surface area contributed by atoms with E-state index in [1.807, 2.05) is 12.1 Å². The molecule has 0 radical (unpaired) electrons. The van der Waals surface area contributed by atoms with E-state index in [-0.39, 0.29) is 0 Å². The zero-order chi connectivity index (χ0) is 13.0. The van der Waals surface area contributed by atoms with E-state index in [0.717, 1.165) is 38.2 Å². The highest BCUT2D eigenvalue weighted by Crippen LogP contribution is 2.21. The van der Waals surface area contributed by atoms with Crippen molar-refractivity contribution in [1.82, 2.24) is 5.32 Å². The fourth-order valence-electron chi connectivity index (χ4n) is 2.37. The second kappa shape index (κ2) is 6.76. The number of hydrogen-bond donors (Lipinski definition) is 1. The Kier molecular flexibility index (Phi) is 5.31. The summed E-state index contributed by atoms with van der Waals surface area (Å²) in [6, 6.07) is 6.16. The lowest BCUT2D eigenvalue weighted by molar-refractivity contribution is 0.0558. The van der Waals surface area contributed by atoms with Gasteiger partial charge in [-0.1, -0.05) is 23.2 Å². The average molecular weight is 288 g/mol. The van der Waals surface area contributed by atoms with Crippen LogP contribution in [0, 0.1) is 5.92 Å². The van der Waals surface area contributed by atoms with Crippen LogP contribution in [0.5, 0.6) is 0 Å². The maximum Gasteiger partial charge on any atom is 0.0469 e. The van der Waals surface area contributed by atoms with Gasteiger partial charge in [-0.2, -0.15) is 0 Å². The van der Waals surface area contributed by atoms with Gasteiger partial charge in [0, 0.05) is 35.8 Å². The van der Waals surface area contributed by atoms with Crippen molar-refractivity contribution in [2.24, 2.45) is 5.92 Å². The van der Waals surface area contributed by atoms with Crippen LogP contribution in [0.25, 0.3) is 0 Å². The third kappa shape index (κ3) is 4.13. The number of hydrogen-bond acceptors (Lipinski definition) is 2. The van der Waals surface area contributed by atoms with Gasteiger partial charge in [0.05, 0.1) is 0 Å². The molecular weight excluding hydrogens is 269 g/mol. The van der Waals surface area contributed by atoms with Gasteiger partial charge in [0.25, 0.3) is 0 Å². The summed E-state index contributed by atoms with van der Waals surface area (Å²) < 4.78 is 5.38. The van der Waals surface area contributed by atoms with Gasteiger partial charge in [0.2, 0.25) is 0 Å². The predicted octanol–water partition coefficient (Wildman–Crippen LogP) is 3.90. The smallest absolute Gasteiger partial charge is 0.0469 e. The van der Waals surface area contributed by atoms with Gasteiger partial charge in [-0.25, -0.2) is 0 Å². The fraction of sp³-hybridized carbons (Fsp3) is 0.571. The third-order valence-corrected chi connectivity index (χ3v) is 3.96. The van der Waals surface area contributed by atoms with E-state index in [1.165, 1.54) is 0 Å². The van der Waals surface area contributed by atoms with E-state index in [2.05, 4.69) is 12.2 Å². The third-order valence-electron chi connectivity index (χ3n) is 3.52. The summed E-state index contributed by atoms with van der Waals surface area (Å²) in [6.07, 6.45) is 2.29. The molecule has 1 fully saturated rings. The normalized spacial score (nSPS) is 18.8. The molecule has 1 aliphatic heterocycles. The Morgan fingerprint density at radius 2 is 1.83 bits per heavy atom. The molecule has 1 aliphatic rings. The van der Waals surface area contributed by atoms with E-state index < -0.39 is 0 Å². The van der Waals surface area contributed by atoms with Crippen molar-refractivity contribution in [3.8, 4) is 0 Å². The topological polar surface area (TPSA) is 21.3 Å². The van der Waals surface area contributed by atoms with Gasteiger partial charge in [0.1, 0.15) is 0 Å². The number of nitrogens with one attached hydrogen (secondary N) is 1. The molecule has 4 heteroatoms. The Balaban J connectivity index is 1.86. The molecule has 1 aromatic carbocycles. The summed E-state index contributed by atoms with van der Waals surface area (Å²) in [6.45, 7) is 4.82. The van der Waals surface area contributed by atoms with Gasteiger partial charge < -0.3 is 10.1 Å². The summed E-state index contributed by atoms with van der Waals surface area (Å²) in [7, 11) is 0. The summed E-state index contributed by atoms with van der Waals surface area (Å²) in [5.41, 5.74) is 1.13. The molecule has 1 heterocycles. The minimum Gasteiger partial charge on any atom is -0.381 e. The first-order valence-electron chi connectivity index (χ1n) is 6.41. The summed E-state index contributed by atoms with van der Waals surface area (Å²) in [5, 5.41) is 4.94. The summed E-state index contributed by atoms with van der Waals surface area (Å²) >= 11 is 12.0. The molecule has 1 saturated heterocycles. The maximum atomic E-state index is 5.99. The molecule has 1 unspecified atom stereocenters. The Labute approximate surface area is 119 Å². The lowest BCUT2D eigenvalue weighted by Gasteiger charge is -2.28. The quantitative estimate of drug-likeness (QED) is 0.907. The van der Waals surface area contributed by atoms with Gasteiger partial charge in [0.15, 0.2) is 0 Å². The standard InChI is InChI=1S/C14H19Cl2NO/c1-10(12-2-4-18-5-3-12)17-9-11-6-13(15)8-14(16)7-11/h6-8,10,12,17H,2-5,9H2,1H3. The monoisotopic (exact) mass is 287 g/mol. The zero-order valence-corrected chi connectivity index (χ0v) is 12.1. The van der Waals surface area contributed by atoms with Crippen molar-refractivity contribution in [3.05, 3.63) is 33.8 Å². The van der Waals surface area contributed by atoms with Gasteiger partial charge in [-0.05, 0) is 49.4 Å². The number of ether oxygens (including phenoxy) is 1. The van der Waals surface area contributed by atoms with Gasteiger partial charge >= 0.3 is 0 Å². The molecule has 0 aliphatic carbocycles. The SMILES string of the molecule is CC(NCc1cc(Cl)cc(Cl)c1)C1CCOCC1. The molecule has 0 amide bonds. The highest BCUT2D eigenvalue weighted by Gasteiger charge is 2.19. The van der Waals surface area contributed by atoms with Crippen molar-refractivity contribution >= 4 is 23.2 Å². The number of rotatable bonds is 4. The van der Waals surface area contributed by atoms with E-state index in [1.54, 1.807) is 6.07 Å². The molecule has 0 spiro atoms. The van der Waals surface area contributed by atoms with Crippen molar-refractivity contribution in [1.29, 1.82) is 0 Å². The highest BCUT2D eigenvalue weighted by molar-refractivity contribution is 6.34. The maximum absolute atomic E-state index is 5.99. The van der Waals surface area contributed by atoms with Crippen LogP contribution in [0.15, 0.2) is 18.2 Å². The molecule has 0 saturated carbocycles. The molecule has 2 nitrogen and oxygen atoms in total. The Morgan fingerprint density at radius 3 is 2.44 bits per heavy atom. The molecular formula is C14H19Cl2NO. The lowest BCUT2D eigenvalue weighted by atomic mass is 9.93.